The van der Waals surface area contributed by atoms with Gasteiger partial charge < -0.3 is 9.64 Å². The molecular formula is C13H23NO2. The van der Waals surface area contributed by atoms with E-state index >= 15 is 0 Å². The lowest BCUT2D eigenvalue weighted by Gasteiger charge is -2.44. The normalized spacial score (nSPS) is 30.8. The van der Waals surface area contributed by atoms with Crippen LogP contribution in [0.1, 0.15) is 45.4 Å². The Labute approximate surface area is 98.1 Å². The van der Waals surface area contributed by atoms with Gasteiger partial charge in [0.15, 0.2) is 0 Å². The molecule has 3 nitrogen and oxygen atoms in total. The molecule has 3 heteroatoms. The van der Waals surface area contributed by atoms with Crippen LogP contribution in [0.3, 0.4) is 0 Å². The van der Waals surface area contributed by atoms with Crippen LogP contribution in [0.15, 0.2) is 0 Å². The lowest BCUT2D eigenvalue weighted by molar-refractivity contribution is -0.145. The maximum absolute atomic E-state index is 11.5. The van der Waals surface area contributed by atoms with Gasteiger partial charge in [0.2, 0.25) is 0 Å². The number of esters is 1. The fraction of sp³-hybridized carbons (Fsp3) is 0.923. The number of rotatable bonds is 3. The summed E-state index contributed by atoms with van der Waals surface area (Å²) in [7, 11) is 0. The first-order valence-corrected chi connectivity index (χ1v) is 6.71. The molecule has 2 aliphatic heterocycles. The van der Waals surface area contributed by atoms with E-state index in [0.717, 1.165) is 0 Å². The summed E-state index contributed by atoms with van der Waals surface area (Å²) in [5.74, 6) is 0.549. The zero-order valence-corrected chi connectivity index (χ0v) is 10.3. The molecule has 0 amide bonds. The number of ether oxygens (including phenoxy) is 1. The summed E-state index contributed by atoms with van der Waals surface area (Å²) in [5.41, 5.74) is 0. The molecule has 92 valence electrons. The van der Waals surface area contributed by atoms with Gasteiger partial charge in [-0.3, -0.25) is 4.79 Å². The first kappa shape index (κ1) is 11.9. The molecule has 0 aromatic heterocycles. The molecule has 0 radical (unpaired) electrons. The molecule has 2 fully saturated rings. The molecule has 2 atom stereocenters. The van der Waals surface area contributed by atoms with E-state index < -0.39 is 0 Å². The highest BCUT2D eigenvalue weighted by molar-refractivity contribution is 5.69. The summed E-state index contributed by atoms with van der Waals surface area (Å²) in [4.78, 5) is 14.1. The molecule has 2 rings (SSSR count). The topological polar surface area (TPSA) is 29.5 Å². The Hall–Kier alpha value is -0.570. The largest absolute Gasteiger partial charge is 0.466 e. The van der Waals surface area contributed by atoms with Gasteiger partial charge in [-0.05, 0) is 51.6 Å². The molecule has 0 N–H and O–H groups in total. The smallest absolute Gasteiger partial charge is 0.306 e. The summed E-state index contributed by atoms with van der Waals surface area (Å²) in [6, 6.07) is 0.659. The van der Waals surface area contributed by atoms with Crippen LogP contribution in [0.2, 0.25) is 0 Å². The molecule has 2 heterocycles. The number of fused-ring (bicyclic) bond motifs is 1. The second kappa shape index (κ2) is 5.67. The van der Waals surface area contributed by atoms with Crippen LogP contribution in [-0.2, 0) is 9.53 Å². The fourth-order valence-electron chi connectivity index (χ4n) is 3.25. The molecule has 2 aliphatic rings. The van der Waals surface area contributed by atoms with Crippen molar-refractivity contribution in [3.05, 3.63) is 0 Å². The van der Waals surface area contributed by atoms with Crippen molar-refractivity contribution >= 4 is 5.97 Å². The zero-order valence-electron chi connectivity index (χ0n) is 10.3. The quantitative estimate of drug-likeness (QED) is 0.690. The van der Waals surface area contributed by atoms with Crippen LogP contribution in [0.5, 0.6) is 0 Å². The van der Waals surface area contributed by atoms with E-state index in [2.05, 4.69) is 4.90 Å². The average Bonchev–Trinajstić information content (AvgIpc) is 2.30. The highest BCUT2D eigenvalue weighted by Gasteiger charge is 2.34. The number of piperidine rings is 2. The van der Waals surface area contributed by atoms with Crippen molar-refractivity contribution < 1.29 is 9.53 Å². The van der Waals surface area contributed by atoms with Crippen LogP contribution in [0.4, 0.5) is 0 Å². The lowest BCUT2D eigenvalue weighted by atomic mass is 9.82. The van der Waals surface area contributed by atoms with E-state index in [9.17, 15) is 4.79 Å². The Morgan fingerprint density at radius 1 is 1.25 bits per heavy atom. The van der Waals surface area contributed by atoms with E-state index in [0.29, 0.717) is 25.0 Å². The lowest BCUT2D eigenvalue weighted by Crippen LogP contribution is -2.48. The minimum atomic E-state index is -0.0000709. The number of hydrogen-bond donors (Lipinski definition) is 0. The molecule has 0 aliphatic carbocycles. The van der Waals surface area contributed by atoms with Crippen LogP contribution < -0.4 is 0 Å². The third kappa shape index (κ3) is 2.76. The number of carbonyl (C=O) groups is 1. The molecule has 2 saturated heterocycles. The van der Waals surface area contributed by atoms with E-state index in [1.165, 1.54) is 45.2 Å². The number of carbonyl (C=O) groups excluding carboxylic acids is 1. The SMILES string of the molecule is CCOC(=O)CC1CCCN2CCCCC12. The highest BCUT2D eigenvalue weighted by Crippen LogP contribution is 2.32. The maximum Gasteiger partial charge on any atom is 0.306 e. The molecule has 16 heavy (non-hydrogen) atoms. The van der Waals surface area contributed by atoms with E-state index in [-0.39, 0.29) is 5.97 Å². The van der Waals surface area contributed by atoms with E-state index in [1.54, 1.807) is 0 Å². The van der Waals surface area contributed by atoms with Crippen molar-refractivity contribution in [2.45, 2.75) is 51.5 Å². The molecule has 0 saturated carbocycles. The Kier molecular flexibility index (Phi) is 4.22. The molecule has 0 aromatic carbocycles. The average molecular weight is 225 g/mol. The molecule has 0 spiro atoms. The van der Waals surface area contributed by atoms with Crippen LogP contribution in [-0.4, -0.2) is 36.6 Å². The minimum absolute atomic E-state index is 0.0000709. The van der Waals surface area contributed by atoms with Crippen LogP contribution >= 0.6 is 0 Å². The number of hydrogen-bond acceptors (Lipinski definition) is 3. The van der Waals surface area contributed by atoms with Crippen LogP contribution in [0.25, 0.3) is 0 Å². The van der Waals surface area contributed by atoms with Crippen molar-refractivity contribution in [1.82, 2.24) is 4.90 Å². The number of nitrogens with zero attached hydrogens (tertiary/aromatic N) is 1. The van der Waals surface area contributed by atoms with Gasteiger partial charge in [0.1, 0.15) is 0 Å². The van der Waals surface area contributed by atoms with Crippen molar-refractivity contribution in [2.75, 3.05) is 19.7 Å². The fourth-order valence-corrected chi connectivity index (χ4v) is 3.25. The summed E-state index contributed by atoms with van der Waals surface area (Å²) < 4.78 is 5.07. The summed E-state index contributed by atoms with van der Waals surface area (Å²) in [6.45, 7) is 4.87. The van der Waals surface area contributed by atoms with Gasteiger partial charge in [0.25, 0.3) is 0 Å². The minimum Gasteiger partial charge on any atom is -0.466 e. The van der Waals surface area contributed by atoms with Crippen molar-refractivity contribution in [1.29, 1.82) is 0 Å². The van der Waals surface area contributed by atoms with Gasteiger partial charge in [-0.25, -0.2) is 0 Å². The zero-order chi connectivity index (χ0) is 11.4. The highest BCUT2D eigenvalue weighted by atomic mass is 16.5. The molecule has 0 bridgehead atoms. The monoisotopic (exact) mass is 225 g/mol. The summed E-state index contributed by atoms with van der Waals surface area (Å²) >= 11 is 0. The van der Waals surface area contributed by atoms with Gasteiger partial charge in [0, 0.05) is 12.5 Å². The Morgan fingerprint density at radius 2 is 2.06 bits per heavy atom. The Morgan fingerprint density at radius 3 is 2.88 bits per heavy atom. The van der Waals surface area contributed by atoms with Gasteiger partial charge in [0.05, 0.1) is 6.61 Å². The molecule has 2 unspecified atom stereocenters. The van der Waals surface area contributed by atoms with E-state index in [4.69, 9.17) is 4.74 Å². The summed E-state index contributed by atoms with van der Waals surface area (Å²) in [5, 5.41) is 0. The second-order valence-electron chi connectivity index (χ2n) is 5.01. The third-order valence-electron chi connectivity index (χ3n) is 3.96. The standard InChI is InChI=1S/C13H23NO2/c1-2-16-13(15)10-11-6-5-9-14-8-4-3-7-12(11)14/h11-12H,2-10H2,1H3. The first-order valence-electron chi connectivity index (χ1n) is 6.71. The van der Waals surface area contributed by atoms with Crippen molar-refractivity contribution in [3.63, 3.8) is 0 Å². The first-order chi connectivity index (χ1) is 7.81. The predicted octanol–water partition coefficient (Wildman–Crippen LogP) is 2.20. The van der Waals surface area contributed by atoms with Crippen molar-refractivity contribution in [2.24, 2.45) is 5.92 Å². The molecular weight excluding hydrogens is 202 g/mol. The second-order valence-corrected chi connectivity index (χ2v) is 5.01. The van der Waals surface area contributed by atoms with Gasteiger partial charge >= 0.3 is 5.97 Å². The van der Waals surface area contributed by atoms with Gasteiger partial charge in [-0.15, -0.1) is 0 Å². The Balaban J connectivity index is 1.89. The summed E-state index contributed by atoms with van der Waals surface area (Å²) in [6.07, 6.45) is 7.04. The third-order valence-corrected chi connectivity index (χ3v) is 3.96. The van der Waals surface area contributed by atoms with Gasteiger partial charge in [-0.2, -0.15) is 0 Å². The predicted molar refractivity (Wildman–Crippen MR) is 63.2 cm³/mol. The van der Waals surface area contributed by atoms with Crippen LogP contribution in [0, 0.1) is 5.92 Å². The maximum atomic E-state index is 11.5. The van der Waals surface area contributed by atoms with E-state index in [1.807, 2.05) is 6.92 Å². The van der Waals surface area contributed by atoms with Crippen molar-refractivity contribution in [3.8, 4) is 0 Å². The molecule has 0 aromatic rings. The Bertz CT molecular complexity index is 240. The van der Waals surface area contributed by atoms with Gasteiger partial charge in [-0.1, -0.05) is 6.42 Å².